The van der Waals surface area contributed by atoms with Gasteiger partial charge in [0.2, 0.25) is 0 Å². The highest BCUT2D eigenvalue weighted by atomic mass is 35.5. The molecule has 0 heterocycles. The molecule has 0 saturated carbocycles. The van der Waals surface area contributed by atoms with Crippen molar-refractivity contribution in [1.82, 2.24) is 5.32 Å². The molecule has 0 aliphatic carbocycles. The molecule has 0 bridgehead atoms. The second-order valence-electron chi connectivity index (χ2n) is 2.70. The minimum Gasteiger partial charge on any atom is -0.309 e. The summed E-state index contributed by atoms with van der Waals surface area (Å²) < 4.78 is 0. The van der Waals surface area contributed by atoms with Gasteiger partial charge in [-0.3, -0.25) is 0 Å². The van der Waals surface area contributed by atoms with E-state index in [0.717, 1.165) is 18.7 Å². The number of hydrogen-bond donors (Lipinski definition) is 1. The van der Waals surface area contributed by atoms with Crippen LogP contribution in [0.25, 0.3) is 0 Å². The summed E-state index contributed by atoms with van der Waals surface area (Å²) in [5, 5.41) is 4.51. The Hall–Kier alpha value is -0.500. The van der Waals surface area contributed by atoms with Gasteiger partial charge in [0.25, 0.3) is 0 Å². The summed E-state index contributed by atoms with van der Waals surface area (Å²) in [6.07, 6.45) is 1.81. The van der Waals surface area contributed by atoms with Crippen LogP contribution >= 0.6 is 23.2 Å². The van der Waals surface area contributed by atoms with Crippen LogP contribution in [0.2, 0.25) is 10.0 Å². The van der Waals surface area contributed by atoms with Gasteiger partial charge < -0.3 is 5.32 Å². The first-order chi connectivity index (χ1) is 6.22. The van der Waals surface area contributed by atoms with E-state index in [1.165, 1.54) is 0 Å². The van der Waals surface area contributed by atoms with Gasteiger partial charge in [-0.15, -0.1) is 6.58 Å². The molecular formula is C10H11Cl2N. The van der Waals surface area contributed by atoms with Gasteiger partial charge >= 0.3 is 0 Å². The Morgan fingerprint density at radius 3 is 2.38 bits per heavy atom. The van der Waals surface area contributed by atoms with Gasteiger partial charge in [0, 0.05) is 23.1 Å². The lowest BCUT2D eigenvalue weighted by atomic mass is 10.2. The Kier molecular flexibility index (Phi) is 4.29. The van der Waals surface area contributed by atoms with E-state index in [4.69, 9.17) is 23.2 Å². The molecule has 1 N–H and O–H groups in total. The number of halogens is 2. The summed E-state index contributed by atoms with van der Waals surface area (Å²) in [7, 11) is 0. The van der Waals surface area contributed by atoms with Gasteiger partial charge in [0.15, 0.2) is 0 Å². The quantitative estimate of drug-likeness (QED) is 0.601. The Labute approximate surface area is 88.4 Å². The largest absolute Gasteiger partial charge is 0.309 e. The van der Waals surface area contributed by atoms with E-state index in [0.29, 0.717) is 10.0 Å². The van der Waals surface area contributed by atoms with Gasteiger partial charge in [0.1, 0.15) is 0 Å². The number of rotatable bonds is 4. The molecule has 1 aromatic rings. The molecule has 0 fully saturated rings. The molecule has 0 aliphatic rings. The zero-order chi connectivity index (χ0) is 9.68. The van der Waals surface area contributed by atoms with Crippen LogP contribution in [-0.4, -0.2) is 6.54 Å². The van der Waals surface area contributed by atoms with Crippen molar-refractivity contribution in [2.45, 2.75) is 6.54 Å². The van der Waals surface area contributed by atoms with Crippen molar-refractivity contribution < 1.29 is 0 Å². The highest BCUT2D eigenvalue weighted by Gasteiger charge is 1.96. The normalized spacial score (nSPS) is 10.0. The molecule has 0 atom stereocenters. The van der Waals surface area contributed by atoms with Gasteiger partial charge in [-0.1, -0.05) is 29.3 Å². The molecule has 70 valence electrons. The van der Waals surface area contributed by atoms with Crippen LogP contribution in [0.5, 0.6) is 0 Å². The minimum absolute atomic E-state index is 0.669. The third kappa shape index (κ3) is 3.81. The van der Waals surface area contributed by atoms with Gasteiger partial charge in [-0.05, 0) is 23.8 Å². The summed E-state index contributed by atoms with van der Waals surface area (Å²) in [6, 6.07) is 5.51. The summed E-state index contributed by atoms with van der Waals surface area (Å²) in [6.45, 7) is 5.15. The van der Waals surface area contributed by atoms with Gasteiger partial charge in [0.05, 0.1) is 0 Å². The molecule has 13 heavy (non-hydrogen) atoms. The maximum Gasteiger partial charge on any atom is 0.0424 e. The first kappa shape index (κ1) is 10.6. The van der Waals surface area contributed by atoms with E-state index in [1.54, 1.807) is 6.07 Å². The van der Waals surface area contributed by atoms with Crippen molar-refractivity contribution in [3.05, 3.63) is 46.5 Å². The second-order valence-corrected chi connectivity index (χ2v) is 3.57. The van der Waals surface area contributed by atoms with Crippen molar-refractivity contribution in [3.63, 3.8) is 0 Å². The molecule has 3 heteroatoms. The van der Waals surface area contributed by atoms with E-state index in [-0.39, 0.29) is 0 Å². The Morgan fingerprint density at radius 2 is 1.85 bits per heavy atom. The van der Waals surface area contributed by atoms with Crippen LogP contribution in [0.15, 0.2) is 30.9 Å². The monoisotopic (exact) mass is 215 g/mol. The summed E-state index contributed by atoms with van der Waals surface area (Å²) in [5.41, 5.74) is 1.08. The fourth-order valence-electron chi connectivity index (χ4n) is 1.03. The molecule has 0 amide bonds. The lowest BCUT2D eigenvalue weighted by Crippen LogP contribution is -2.12. The molecule has 1 aromatic carbocycles. The molecule has 0 unspecified atom stereocenters. The lowest BCUT2D eigenvalue weighted by Gasteiger charge is -2.03. The Bertz CT molecular complexity index is 277. The molecule has 0 aromatic heterocycles. The van der Waals surface area contributed by atoms with E-state index in [1.807, 2.05) is 18.2 Å². The third-order valence-electron chi connectivity index (χ3n) is 1.54. The second kappa shape index (κ2) is 5.28. The summed E-state index contributed by atoms with van der Waals surface area (Å²) in [5.74, 6) is 0. The molecular weight excluding hydrogens is 205 g/mol. The van der Waals surface area contributed by atoms with Crippen LogP contribution < -0.4 is 5.32 Å². The SMILES string of the molecule is C=CCNCc1cc(Cl)cc(Cl)c1. The molecule has 0 aliphatic heterocycles. The van der Waals surface area contributed by atoms with E-state index < -0.39 is 0 Å². The standard InChI is InChI=1S/C10H11Cl2N/c1-2-3-13-7-8-4-9(11)6-10(12)5-8/h2,4-6,13H,1,3,7H2. The zero-order valence-electron chi connectivity index (χ0n) is 7.19. The number of benzene rings is 1. The molecule has 0 spiro atoms. The Morgan fingerprint density at radius 1 is 1.23 bits per heavy atom. The van der Waals surface area contributed by atoms with Crippen LogP contribution in [0, 0.1) is 0 Å². The highest BCUT2D eigenvalue weighted by Crippen LogP contribution is 2.18. The van der Waals surface area contributed by atoms with Crippen LogP contribution in [-0.2, 0) is 6.54 Å². The van der Waals surface area contributed by atoms with E-state index >= 15 is 0 Å². The predicted octanol–water partition coefficient (Wildman–Crippen LogP) is 3.27. The van der Waals surface area contributed by atoms with Crippen molar-refractivity contribution in [3.8, 4) is 0 Å². The third-order valence-corrected chi connectivity index (χ3v) is 1.98. The average molecular weight is 216 g/mol. The van der Waals surface area contributed by atoms with Crippen molar-refractivity contribution in [2.24, 2.45) is 0 Å². The minimum atomic E-state index is 0.669. The lowest BCUT2D eigenvalue weighted by molar-refractivity contribution is 0.760. The fraction of sp³-hybridized carbons (Fsp3) is 0.200. The highest BCUT2D eigenvalue weighted by molar-refractivity contribution is 6.34. The number of nitrogens with one attached hydrogen (secondary N) is 1. The molecule has 0 radical (unpaired) electrons. The summed E-state index contributed by atoms with van der Waals surface area (Å²) in [4.78, 5) is 0. The summed E-state index contributed by atoms with van der Waals surface area (Å²) >= 11 is 11.7. The maximum absolute atomic E-state index is 5.83. The van der Waals surface area contributed by atoms with E-state index in [2.05, 4.69) is 11.9 Å². The van der Waals surface area contributed by atoms with Crippen LogP contribution in [0.1, 0.15) is 5.56 Å². The molecule has 0 saturated heterocycles. The van der Waals surface area contributed by atoms with Crippen molar-refractivity contribution >= 4 is 23.2 Å². The predicted molar refractivity (Wildman–Crippen MR) is 58.4 cm³/mol. The number of hydrogen-bond acceptors (Lipinski definition) is 1. The average Bonchev–Trinajstić information content (AvgIpc) is 2.03. The fourth-order valence-corrected chi connectivity index (χ4v) is 1.60. The first-order valence-electron chi connectivity index (χ1n) is 3.99. The maximum atomic E-state index is 5.83. The van der Waals surface area contributed by atoms with E-state index in [9.17, 15) is 0 Å². The van der Waals surface area contributed by atoms with Crippen molar-refractivity contribution in [2.75, 3.05) is 6.54 Å². The van der Waals surface area contributed by atoms with Crippen LogP contribution in [0.3, 0.4) is 0 Å². The van der Waals surface area contributed by atoms with Crippen molar-refractivity contribution in [1.29, 1.82) is 0 Å². The van der Waals surface area contributed by atoms with Gasteiger partial charge in [-0.25, -0.2) is 0 Å². The van der Waals surface area contributed by atoms with Crippen LogP contribution in [0.4, 0.5) is 0 Å². The topological polar surface area (TPSA) is 12.0 Å². The first-order valence-corrected chi connectivity index (χ1v) is 4.74. The molecule has 1 rings (SSSR count). The smallest absolute Gasteiger partial charge is 0.0424 e. The molecule has 1 nitrogen and oxygen atoms in total. The van der Waals surface area contributed by atoms with Gasteiger partial charge in [-0.2, -0.15) is 0 Å². The Balaban J connectivity index is 2.60. The zero-order valence-corrected chi connectivity index (χ0v) is 8.70.